The van der Waals surface area contributed by atoms with Gasteiger partial charge in [0, 0.05) is 6.07 Å². The highest BCUT2D eigenvalue weighted by molar-refractivity contribution is 7.19. The molecule has 0 saturated heterocycles. The summed E-state index contributed by atoms with van der Waals surface area (Å²) in [4.78, 5) is 4.11. The molecule has 1 aromatic carbocycles. The van der Waals surface area contributed by atoms with Gasteiger partial charge in [0.2, 0.25) is 0 Å². The van der Waals surface area contributed by atoms with Gasteiger partial charge in [-0.25, -0.2) is 4.98 Å². The van der Waals surface area contributed by atoms with Gasteiger partial charge < -0.3 is 14.9 Å². The average molecular weight is 211 g/mol. The van der Waals surface area contributed by atoms with Crippen LogP contribution in [0.4, 0.5) is 0 Å². The molecule has 4 nitrogen and oxygen atoms in total. The number of hydrogen-bond donors (Lipinski definition) is 2. The van der Waals surface area contributed by atoms with Crippen molar-refractivity contribution in [3.63, 3.8) is 0 Å². The molecule has 0 amide bonds. The van der Waals surface area contributed by atoms with Gasteiger partial charge in [-0.1, -0.05) is 0 Å². The second kappa shape index (κ2) is 3.02. The Morgan fingerprint density at radius 2 is 2.14 bits per heavy atom. The van der Waals surface area contributed by atoms with Crippen LogP contribution in [-0.2, 0) is 0 Å². The molecule has 0 spiro atoms. The van der Waals surface area contributed by atoms with Crippen LogP contribution in [0, 0.1) is 6.92 Å². The maximum Gasteiger partial charge on any atom is 0.185 e. The number of nitrogens with zero attached hydrogens (tertiary/aromatic N) is 1. The summed E-state index contributed by atoms with van der Waals surface area (Å²) < 4.78 is 5.48. The quantitative estimate of drug-likeness (QED) is 0.708. The van der Waals surface area contributed by atoms with Gasteiger partial charge in [-0.3, -0.25) is 0 Å². The average Bonchev–Trinajstić information content (AvgIpc) is 2.54. The Kier molecular flexibility index (Phi) is 1.96. The molecular formula is C9H9NO3S. The lowest BCUT2D eigenvalue weighted by molar-refractivity contribution is 0.372. The van der Waals surface area contributed by atoms with Gasteiger partial charge in [0.05, 0.1) is 12.1 Å². The van der Waals surface area contributed by atoms with E-state index in [9.17, 15) is 10.2 Å². The first-order valence-corrected chi connectivity index (χ1v) is 4.81. The van der Waals surface area contributed by atoms with Crippen LogP contribution in [0.1, 0.15) is 5.01 Å². The Morgan fingerprint density at radius 3 is 2.79 bits per heavy atom. The molecule has 0 aliphatic carbocycles. The number of phenols is 2. The molecule has 0 aliphatic rings. The van der Waals surface area contributed by atoms with Gasteiger partial charge in [-0.2, -0.15) is 0 Å². The Balaban J connectivity index is 2.86. The second-order valence-electron chi connectivity index (χ2n) is 2.86. The number of fused-ring (bicyclic) bond motifs is 1. The summed E-state index contributed by atoms with van der Waals surface area (Å²) in [6.45, 7) is 1.82. The Labute approximate surface area is 84.4 Å². The van der Waals surface area contributed by atoms with Gasteiger partial charge in [0.25, 0.3) is 0 Å². The smallest absolute Gasteiger partial charge is 0.185 e. The fourth-order valence-electron chi connectivity index (χ4n) is 1.29. The van der Waals surface area contributed by atoms with Crippen molar-refractivity contribution in [2.24, 2.45) is 0 Å². The predicted octanol–water partition coefficient (Wildman–Crippen LogP) is 2.02. The standard InChI is InChI=1S/C9H9NO3S/c1-4-10-7-8(12)6(13-2)3-5(11)9(7)14-4/h3,11-12H,1-2H3. The number of aromatic hydroxyl groups is 2. The molecule has 1 heterocycles. The maximum atomic E-state index is 9.70. The first-order chi connectivity index (χ1) is 6.63. The van der Waals surface area contributed by atoms with Crippen LogP contribution in [0.2, 0.25) is 0 Å². The molecule has 2 rings (SSSR count). The number of ether oxygens (including phenoxy) is 1. The highest BCUT2D eigenvalue weighted by atomic mass is 32.1. The molecule has 2 N–H and O–H groups in total. The molecule has 0 saturated carbocycles. The monoisotopic (exact) mass is 211 g/mol. The van der Waals surface area contributed by atoms with E-state index in [1.165, 1.54) is 24.5 Å². The summed E-state index contributed by atoms with van der Waals surface area (Å²) in [6.07, 6.45) is 0. The van der Waals surface area contributed by atoms with E-state index in [1.54, 1.807) is 0 Å². The fraction of sp³-hybridized carbons (Fsp3) is 0.222. The minimum Gasteiger partial charge on any atom is -0.506 e. The number of aromatic nitrogens is 1. The van der Waals surface area contributed by atoms with E-state index in [1.807, 2.05) is 6.92 Å². The van der Waals surface area contributed by atoms with Gasteiger partial charge in [0.1, 0.15) is 16.0 Å². The molecule has 0 unspecified atom stereocenters. The third-order valence-corrected chi connectivity index (χ3v) is 2.91. The van der Waals surface area contributed by atoms with Crippen LogP contribution in [-0.4, -0.2) is 22.3 Å². The van der Waals surface area contributed by atoms with Crippen molar-refractivity contribution in [3.8, 4) is 17.2 Å². The number of aryl methyl sites for hydroxylation is 1. The fourth-order valence-corrected chi connectivity index (χ4v) is 2.13. The molecule has 2 aromatic rings. The van der Waals surface area contributed by atoms with Crippen molar-refractivity contribution in [1.82, 2.24) is 4.98 Å². The Bertz CT molecular complexity index is 492. The van der Waals surface area contributed by atoms with Crippen molar-refractivity contribution in [2.45, 2.75) is 6.92 Å². The molecule has 14 heavy (non-hydrogen) atoms. The van der Waals surface area contributed by atoms with Crippen LogP contribution in [0.25, 0.3) is 10.2 Å². The highest BCUT2D eigenvalue weighted by Gasteiger charge is 2.15. The van der Waals surface area contributed by atoms with Gasteiger partial charge in [-0.05, 0) is 6.92 Å². The van der Waals surface area contributed by atoms with E-state index in [0.717, 1.165) is 5.01 Å². The molecule has 0 bridgehead atoms. The molecule has 0 fully saturated rings. The third-order valence-electron chi connectivity index (χ3n) is 1.91. The zero-order valence-electron chi connectivity index (χ0n) is 7.74. The van der Waals surface area contributed by atoms with Gasteiger partial charge in [0.15, 0.2) is 11.5 Å². The predicted molar refractivity (Wildman–Crippen MR) is 54.2 cm³/mol. The van der Waals surface area contributed by atoms with E-state index >= 15 is 0 Å². The van der Waals surface area contributed by atoms with E-state index in [0.29, 0.717) is 10.2 Å². The molecule has 5 heteroatoms. The highest BCUT2D eigenvalue weighted by Crippen LogP contribution is 2.42. The first-order valence-electron chi connectivity index (χ1n) is 3.99. The third kappa shape index (κ3) is 1.17. The molecular weight excluding hydrogens is 202 g/mol. The number of methoxy groups -OCH3 is 1. The molecule has 0 radical (unpaired) electrons. The minimum atomic E-state index is -0.0235. The minimum absolute atomic E-state index is 0.0235. The molecule has 74 valence electrons. The summed E-state index contributed by atoms with van der Waals surface area (Å²) in [6, 6.07) is 1.38. The summed E-state index contributed by atoms with van der Waals surface area (Å²) in [7, 11) is 1.43. The summed E-state index contributed by atoms with van der Waals surface area (Å²) >= 11 is 1.34. The van der Waals surface area contributed by atoms with E-state index in [2.05, 4.69) is 4.98 Å². The SMILES string of the molecule is COc1cc(O)c2sc(C)nc2c1O. The normalized spacial score (nSPS) is 10.7. The van der Waals surface area contributed by atoms with Crippen LogP contribution in [0.5, 0.6) is 17.2 Å². The number of hydrogen-bond acceptors (Lipinski definition) is 5. The Hall–Kier alpha value is -1.49. The summed E-state index contributed by atoms with van der Waals surface area (Å²) in [5.74, 6) is 0.296. The first kappa shape index (κ1) is 9.08. The van der Waals surface area contributed by atoms with Gasteiger partial charge >= 0.3 is 0 Å². The number of phenolic OH excluding ortho intramolecular Hbond substituents is 2. The summed E-state index contributed by atoms with van der Waals surface area (Å²) in [5.41, 5.74) is 0.393. The van der Waals surface area contributed by atoms with Crippen LogP contribution in [0.3, 0.4) is 0 Å². The van der Waals surface area contributed by atoms with Crippen molar-refractivity contribution in [1.29, 1.82) is 0 Å². The lowest BCUT2D eigenvalue weighted by Crippen LogP contribution is -1.84. The molecule has 0 atom stereocenters. The maximum absolute atomic E-state index is 9.70. The van der Waals surface area contributed by atoms with Crippen molar-refractivity contribution >= 4 is 21.6 Å². The molecule has 1 aromatic heterocycles. The van der Waals surface area contributed by atoms with Gasteiger partial charge in [-0.15, -0.1) is 11.3 Å². The van der Waals surface area contributed by atoms with Crippen LogP contribution >= 0.6 is 11.3 Å². The second-order valence-corrected chi connectivity index (χ2v) is 4.06. The largest absolute Gasteiger partial charge is 0.506 e. The van der Waals surface area contributed by atoms with Crippen molar-refractivity contribution in [3.05, 3.63) is 11.1 Å². The lowest BCUT2D eigenvalue weighted by Gasteiger charge is -2.03. The molecule has 0 aliphatic heterocycles. The van der Waals surface area contributed by atoms with Crippen LogP contribution in [0.15, 0.2) is 6.07 Å². The topological polar surface area (TPSA) is 62.6 Å². The number of benzene rings is 1. The van der Waals surface area contributed by atoms with E-state index in [4.69, 9.17) is 4.74 Å². The van der Waals surface area contributed by atoms with E-state index in [-0.39, 0.29) is 17.2 Å². The zero-order chi connectivity index (χ0) is 10.3. The van der Waals surface area contributed by atoms with Crippen LogP contribution < -0.4 is 4.74 Å². The number of thiazole rings is 1. The summed E-state index contributed by atoms with van der Waals surface area (Å²) in [5, 5.41) is 20.1. The zero-order valence-corrected chi connectivity index (χ0v) is 8.55. The van der Waals surface area contributed by atoms with Crippen molar-refractivity contribution in [2.75, 3.05) is 7.11 Å². The lowest BCUT2D eigenvalue weighted by atomic mass is 10.2. The van der Waals surface area contributed by atoms with E-state index < -0.39 is 0 Å². The number of rotatable bonds is 1. The van der Waals surface area contributed by atoms with Crippen molar-refractivity contribution < 1.29 is 14.9 Å². The Morgan fingerprint density at radius 1 is 1.43 bits per heavy atom.